The van der Waals surface area contributed by atoms with E-state index in [1.54, 1.807) is 25.4 Å². The van der Waals surface area contributed by atoms with Crippen molar-refractivity contribution in [2.45, 2.75) is 25.2 Å². The number of ether oxygens (including phenoxy) is 3. The van der Waals surface area contributed by atoms with Crippen LogP contribution in [0.3, 0.4) is 0 Å². The summed E-state index contributed by atoms with van der Waals surface area (Å²) in [5, 5.41) is 3.27. The van der Waals surface area contributed by atoms with Gasteiger partial charge < -0.3 is 24.4 Å². The van der Waals surface area contributed by atoms with Gasteiger partial charge in [-0.05, 0) is 18.2 Å². The zero-order valence-corrected chi connectivity index (χ0v) is 16.0. The van der Waals surface area contributed by atoms with Crippen molar-refractivity contribution >= 4 is 11.7 Å². The van der Waals surface area contributed by atoms with Crippen LogP contribution in [0.2, 0.25) is 0 Å². The summed E-state index contributed by atoms with van der Waals surface area (Å²) >= 11 is 0. The van der Waals surface area contributed by atoms with Gasteiger partial charge in [-0.2, -0.15) is 0 Å². The quantitative estimate of drug-likeness (QED) is 0.856. The number of amides is 1. The van der Waals surface area contributed by atoms with Gasteiger partial charge in [0.1, 0.15) is 11.6 Å². The van der Waals surface area contributed by atoms with Gasteiger partial charge in [0, 0.05) is 49.8 Å². The molecule has 2 fully saturated rings. The molecule has 28 heavy (non-hydrogen) atoms. The van der Waals surface area contributed by atoms with Crippen LogP contribution in [0.5, 0.6) is 5.75 Å². The van der Waals surface area contributed by atoms with Crippen LogP contribution < -0.4 is 10.1 Å². The molecule has 148 valence electrons. The molecule has 4 rings (SSSR count). The molecule has 2 aromatic rings. The number of hydrogen-bond donors (Lipinski definition) is 1. The molecule has 0 aliphatic carbocycles. The van der Waals surface area contributed by atoms with Gasteiger partial charge in [0.05, 0.1) is 20.3 Å². The Labute approximate surface area is 164 Å². The van der Waals surface area contributed by atoms with Gasteiger partial charge in [-0.25, -0.2) is 4.98 Å². The number of piperidine rings is 1. The second-order valence-corrected chi connectivity index (χ2v) is 6.99. The normalized spacial score (nSPS) is 18.2. The van der Waals surface area contributed by atoms with Crippen molar-refractivity contribution in [1.82, 2.24) is 9.88 Å². The minimum atomic E-state index is -0.476. The van der Waals surface area contributed by atoms with Gasteiger partial charge in [-0.15, -0.1) is 0 Å². The van der Waals surface area contributed by atoms with E-state index in [-0.39, 0.29) is 5.91 Å². The maximum atomic E-state index is 12.9. The maximum Gasteiger partial charge on any atom is 0.254 e. The van der Waals surface area contributed by atoms with Gasteiger partial charge in [0.2, 0.25) is 0 Å². The predicted octanol–water partition coefficient (Wildman–Crippen LogP) is 2.68. The lowest BCUT2D eigenvalue weighted by atomic mass is 10.0. The molecule has 1 aromatic heterocycles. The van der Waals surface area contributed by atoms with Crippen molar-refractivity contribution in [2.24, 2.45) is 0 Å². The van der Waals surface area contributed by atoms with Crippen molar-refractivity contribution in [3.63, 3.8) is 0 Å². The van der Waals surface area contributed by atoms with Crippen LogP contribution in [0, 0.1) is 0 Å². The van der Waals surface area contributed by atoms with Gasteiger partial charge in [-0.3, -0.25) is 4.79 Å². The SMILES string of the molecule is COc1ccccc1CNc1cc(C(=O)N2CCC3(CC2)OCCO3)ccn1. The van der Waals surface area contributed by atoms with E-state index in [0.29, 0.717) is 57.1 Å². The highest BCUT2D eigenvalue weighted by atomic mass is 16.7. The molecule has 0 unspecified atom stereocenters. The van der Waals surface area contributed by atoms with Crippen LogP contribution in [-0.4, -0.2) is 55.0 Å². The summed E-state index contributed by atoms with van der Waals surface area (Å²) < 4.78 is 16.8. The second-order valence-electron chi connectivity index (χ2n) is 6.99. The standard InChI is InChI=1S/C21H25N3O4/c1-26-18-5-3-2-4-17(18)15-23-19-14-16(6-9-22-19)20(25)24-10-7-21(8-11-24)27-12-13-28-21/h2-6,9,14H,7-8,10-13,15H2,1H3,(H,22,23). The third-order valence-electron chi connectivity index (χ3n) is 5.29. The van der Waals surface area contributed by atoms with Gasteiger partial charge >= 0.3 is 0 Å². The van der Waals surface area contributed by atoms with Crippen LogP contribution in [-0.2, 0) is 16.0 Å². The summed E-state index contributed by atoms with van der Waals surface area (Å²) in [4.78, 5) is 19.1. The Balaban J connectivity index is 1.38. The molecule has 7 heteroatoms. The van der Waals surface area contributed by atoms with Crippen LogP contribution in [0.4, 0.5) is 5.82 Å². The number of aromatic nitrogens is 1. The van der Waals surface area contributed by atoms with E-state index in [1.165, 1.54) is 0 Å². The smallest absolute Gasteiger partial charge is 0.254 e. The Morgan fingerprint density at radius 1 is 1.21 bits per heavy atom. The molecule has 2 saturated heterocycles. The molecule has 0 atom stereocenters. The number of likely N-dealkylation sites (tertiary alicyclic amines) is 1. The van der Waals surface area contributed by atoms with Crippen LogP contribution in [0.1, 0.15) is 28.8 Å². The van der Waals surface area contributed by atoms with Gasteiger partial charge in [-0.1, -0.05) is 18.2 Å². The molecule has 0 saturated carbocycles. The Hall–Kier alpha value is -2.64. The molecule has 0 radical (unpaired) electrons. The van der Waals surface area contributed by atoms with Crippen molar-refractivity contribution in [3.05, 3.63) is 53.7 Å². The average molecular weight is 383 g/mol. The number of rotatable bonds is 5. The number of methoxy groups -OCH3 is 1. The molecule has 2 aliphatic heterocycles. The molecule has 1 N–H and O–H groups in total. The summed E-state index contributed by atoms with van der Waals surface area (Å²) in [7, 11) is 1.65. The third kappa shape index (κ3) is 3.95. The van der Waals surface area contributed by atoms with Crippen LogP contribution >= 0.6 is 0 Å². The molecule has 1 amide bonds. The number of benzene rings is 1. The minimum absolute atomic E-state index is 0.00980. The molecular weight excluding hydrogens is 358 g/mol. The zero-order valence-electron chi connectivity index (χ0n) is 16.0. The van der Waals surface area contributed by atoms with E-state index in [9.17, 15) is 4.79 Å². The Kier molecular flexibility index (Phi) is 5.45. The minimum Gasteiger partial charge on any atom is -0.496 e. The van der Waals surface area contributed by atoms with Crippen LogP contribution in [0.15, 0.2) is 42.6 Å². The first kappa shape index (κ1) is 18.7. The third-order valence-corrected chi connectivity index (χ3v) is 5.29. The highest BCUT2D eigenvalue weighted by Crippen LogP contribution is 2.31. The lowest BCUT2D eigenvalue weighted by molar-refractivity contribution is -0.181. The first-order chi connectivity index (χ1) is 13.7. The molecule has 1 spiro atoms. The summed E-state index contributed by atoms with van der Waals surface area (Å²) in [6.45, 7) is 3.10. The van der Waals surface area contributed by atoms with E-state index in [1.807, 2.05) is 29.2 Å². The highest BCUT2D eigenvalue weighted by Gasteiger charge is 2.40. The fraction of sp³-hybridized carbons (Fsp3) is 0.429. The number of nitrogens with one attached hydrogen (secondary N) is 1. The van der Waals surface area contributed by atoms with E-state index in [2.05, 4.69) is 10.3 Å². The monoisotopic (exact) mass is 383 g/mol. The number of anilines is 1. The van der Waals surface area contributed by atoms with Crippen LogP contribution in [0.25, 0.3) is 0 Å². The summed E-state index contributed by atoms with van der Waals surface area (Å²) in [6, 6.07) is 11.4. The zero-order chi connectivity index (χ0) is 19.4. The highest BCUT2D eigenvalue weighted by molar-refractivity contribution is 5.94. The first-order valence-electron chi connectivity index (χ1n) is 9.58. The van der Waals surface area contributed by atoms with Crippen molar-refractivity contribution in [1.29, 1.82) is 0 Å². The van der Waals surface area contributed by atoms with Crippen molar-refractivity contribution < 1.29 is 19.0 Å². The number of carbonyl (C=O) groups is 1. The molecule has 2 aliphatic rings. The van der Waals surface area contributed by atoms with E-state index in [4.69, 9.17) is 14.2 Å². The van der Waals surface area contributed by atoms with E-state index < -0.39 is 5.79 Å². The number of hydrogen-bond acceptors (Lipinski definition) is 6. The topological polar surface area (TPSA) is 72.9 Å². The Bertz CT molecular complexity index is 826. The summed E-state index contributed by atoms with van der Waals surface area (Å²) in [5.41, 5.74) is 1.66. The fourth-order valence-electron chi connectivity index (χ4n) is 3.71. The second kappa shape index (κ2) is 8.16. The lowest BCUT2D eigenvalue weighted by Gasteiger charge is -2.37. The Morgan fingerprint density at radius 3 is 2.71 bits per heavy atom. The lowest BCUT2D eigenvalue weighted by Crippen LogP contribution is -2.47. The molecule has 7 nitrogen and oxygen atoms in total. The van der Waals surface area contributed by atoms with Gasteiger partial charge in [0.25, 0.3) is 5.91 Å². The first-order valence-corrected chi connectivity index (χ1v) is 9.58. The molecule has 3 heterocycles. The molecule has 0 bridgehead atoms. The summed E-state index contributed by atoms with van der Waals surface area (Å²) in [5.74, 6) is 1.01. The molecule has 1 aromatic carbocycles. The molecular formula is C21H25N3O4. The van der Waals surface area contributed by atoms with Crippen molar-refractivity contribution in [2.75, 3.05) is 38.7 Å². The number of para-hydroxylation sites is 1. The fourth-order valence-corrected chi connectivity index (χ4v) is 3.71. The van der Waals surface area contributed by atoms with Crippen molar-refractivity contribution in [3.8, 4) is 5.75 Å². The average Bonchev–Trinajstić information content (AvgIpc) is 3.20. The number of pyridine rings is 1. The number of nitrogens with zero attached hydrogens (tertiary/aromatic N) is 2. The maximum absolute atomic E-state index is 12.9. The predicted molar refractivity (Wildman–Crippen MR) is 104 cm³/mol. The van der Waals surface area contributed by atoms with E-state index in [0.717, 1.165) is 11.3 Å². The van der Waals surface area contributed by atoms with E-state index >= 15 is 0 Å². The summed E-state index contributed by atoms with van der Waals surface area (Å²) in [6.07, 6.45) is 3.08. The largest absolute Gasteiger partial charge is 0.496 e. The van der Waals surface area contributed by atoms with Gasteiger partial charge in [0.15, 0.2) is 5.79 Å². The number of carbonyl (C=O) groups excluding carboxylic acids is 1. The Morgan fingerprint density at radius 2 is 1.96 bits per heavy atom.